The molecule has 0 atom stereocenters. The van der Waals surface area contributed by atoms with Crippen LogP contribution in [-0.4, -0.2) is 0 Å². The molecule has 0 aliphatic carbocycles. The van der Waals surface area contributed by atoms with Gasteiger partial charge >= 0.3 is 0 Å². The zero-order valence-corrected chi connectivity index (χ0v) is 9.30. The molecule has 76 valence electrons. The van der Waals surface area contributed by atoms with Gasteiger partial charge < -0.3 is 5.73 Å². The molecule has 0 aromatic heterocycles. The van der Waals surface area contributed by atoms with Crippen molar-refractivity contribution in [1.82, 2.24) is 0 Å². The third kappa shape index (κ3) is 2.05. The van der Waals surface area contributed by atoms with Gasteiger partial charge in [-0.05, 0) is 22.1 Å². The number of hydrogen-bond acceptors (Lipinski definition) is 1. The van der Waals surface area contributed by atoms with E-state index in [1.807, 2.05) is 12.1 Å². The molecule has 14 heavy (non-hydrogen) atoms. The fourth-order valence-electron chi connectivity index (χ4n) is 1.87. The van der Waals surface area contributed by atoms with E-state index in [1.165, 1.54) is 16.7 Å². The Balaban J connectivity index is 3.41. The van der Waals surface area contributed by atoms with Crippen LogP contribution in [0.5, 0.6) is 0 Å². The van der Waals surface area contributed by atoms with Crippen LogP contribution in [0, 0.1) is 0 Å². The molecule has 0 unspecified atom stereocenters. The van der Waals surface area contributed by atoms with Crippen LogP contribution < -0.4 is 5.73 Å². The molecule has 0 aliphatic rings. The van der Waals surface area contributed by atoms with E-state index in [2.05, 4.69) is 39.5 Å². The third-order valence-electron chi connectivity index (χ3n) is 2.37. The van der Waals surface area contributed by atoms with Crippen molar-refractivity contribution in [1.29, 1.82) is 0 Å². The summed E-state index contributed by atoms with van der Waals surface area (Å²) in [5.74, 6) is 0. The molecule has 2 N–H and O–H groups in total. The van der Waals surface area contributed by atoms with E-state index in [0.29, 0.717) is 6.54 Å². The molecule has 1 rings (SSSR count). The maximum absolute atomic E-state index is 5.74. The van der Waals surface area contributed by atoms with Crippen molar-refractivity contribution in [2.45, 2.75) is 32.7 Å². The number of hydrogen-bond donors (Lipinski definition) is 1. The van der Waals surface area contributed by atoms with Gasteiger partial charge in [-0.2, -0.15) is 0 Å². The smallest absolute Gasteiger partial charge is 0.0181 e. The van der Waals surface area contributed by atoms with Crippen molar-refractivity contribution in [3.8, 4) is 0 Å². The lowest BCUT2D eigenvalue weighted by atomic mass is 9.80. The van der Waals surface area contributed by atoms with Gasteiger partial charge in [0.1, 0.15) is 0 Å². The molecule has 0 saturated heterocycles. The Morgan fingerprint density at radius 2 is 2.00 bits per heavy atom. The largest absolute Gasteiger partial charge is 0.326 e. The monoisotopic (exact) mass is 189 g/mol. The van der Waals surface area contributed by atoms with E-state index in [1.54, 1.807) is 0 Å². The highest BCUT2D eigenvalue weighted by molar-refractivity contribution is 5.56. The minimum atomic E-state index is 0.124. The molecular weight excluding hydrogens is 170 g/mol. The maximum atomic E-state index is 5.74. The Morgan fingerprint density at radius 3 is 2.43 bits per heavy atom. The lowest BCUT2D eigenvalue weighted by molar-refractivity contribution is 0.581. The van der Waals surface area contributed by atoms with Crippen molar-refractivity contribution < 1.29 is 0 Å². The van der Waals surface area contributed by atoms with Gasteiger partial charge in [-0.3, -0.25) is 0 Å². The Bertz CT molecular complexity index is 332. The summed E-state index contributed by atoms with van der Waals surface area (Å²) in [6.45, 7) is 11.0. The van der Waals surface area contributed by atoms with E-state index in [4.69, 9.17) is 5.73 Å². The molecule has 0 saturated carbocycles. The molecule has 0 fully saturated rings. The first-order valence-electron chi connectivity index (χ1n) is 4.95. The normalized spacial score (nSPS) is 11.4. The summed E-state index contributed by atoms with van der Waals surface area (Å²) in [7, 11) is 0. The first kappa shape index (κ1) is 11.0. The average molecular weight is 189 g/mol. The van der Waals surface area contributed by atoms with Crippen molar-refractivity contribution in [3.63, 3.8) is 0 Å². The number of benzene rings is 1. The van der Waals surface area contributed by atoms with Gasteiger partial charge in [0.2, 0.25) is 0 Å². The van der Waals surface area contributed by atoms with Crippen molar-refractivity contribution >= 4 is 6.08 Å². The molecule has 1 aromatic rings. The quantitative estimate of drug-likeness (QED) is 0.760. The SMILES string of the molecule is C=Cc1cccc(CN)c1C(C)(C)C. The lowest BCUT2D eigenvalue weighted by Gasteiger charge is -2.25. The van der Waals surface area contributed by atoms with E-state index < -0.39 is 0 Å². The van der Waals surface area contributed by atoms with E-state index >= 15 is 0 Å². The molecule has 1 heteroatoms. The summed E-state index contributed by atoms with van der Waals surface area (Å²) < 4.78 is 0. The maximum Gasteiger partial charge on any atom is 0.0181 e. The van der Waals surface area contributed by atoms with Crippen LogP contribution in [-0.2, 0) is 12.0 Å². The van der Waals surface area contributed by atoms with Crippen LogP contribution in [0.4, 0.5) is 0 Å². The molecule has 1 nitrogen and oxygen atoms in total. The molecule has 0 aliphatic heterocycles. The summed E-state index contributed by atoms with van der Waals surface area (Å²) in [4.78, 5) is 0. The van der Waals surface area contributed by atoms with Crippen molar-refractivity contribution in [2.75, 3.05) is 0 Å². The van der Waals surface area contributed by atoms with Crippen molar-refractivity contribution in [2.24, 2.45) is 5.73 Å². The highest BCUT2D eigenvalue weighted by Crippen LogP contribution is 2.29. The zero-order chi connectivity index (χ0) is 10.8. The highest BCUT2D eigenvalue weighted by Gasteiger charge is 2.19. The predicted octanol–water partition coefficient (Wildman–Crippen LogP) is 3.09. The first-order chi connectivity index (χ1) is 6.50. The standard InChI is InChI=1S/C13H19N/c1-5-10-7-6-8-11(9-14)12(10)13(2,3)4/h5-8H,1,9,14H2,2-4H3. The Hall–Kier alpha value is -1.08. The molecule has 0 amide bonds. The summed E-state index contributed by atoms with van der Waals surface area (Å²) in [5, 5.41) is 0. The topological polar surface area (TPSA) is 26.0 Å². The molecule has 1 aromatic carbocycles. The second-order valence-electron chi connectivity index (χ2n) is 4.54. The lowest BCUT2D eigenvalue weighted by Crippen LogP contribution is -2.17. The van der Waals surface area contributed by atoms with Gasteiger partial charge in [-0.25, -0.2) is 0 Å². The minimum Gasteiger partial charge on any atom is -0.326 e. The second-order valence-corrected chi connectivity index (χ2v) is 4.54. The first-order valence-corrected chi connectivity index (χ1v) is 4.95. The fraction of sp³-hybridized carbons (Fsp3) is 0.385. The summed E-state index contributed by atoms with van der Waals surface area (Å²) in [6.07, 6.45) is 1.90. The van der Waals surface area contributed by atoms with Crippen LogP contribution >= 0.6 is 0 Å². The predicted molar refractivity (Wildman–Crippen MR) is 63.1 cm³/mol. The fourth-order valence-corrected chi connectivity index (χ4v) is 1.87. The van der Waals surface area contributed by atoms with Gasteiger partial charge in [-0.15, -0.1) is 0 Å². The van der Waals surface area contributed by atoms with Crippen molar-refractivity contribution in [3.05, 3.63) is 41.5 Å². The molecule has 0 heterocycles. The van der Waals surface area contributed by atoms with Crippen LogP contribution in [0.2, 0.25) is 0 Å². The summed E-state index contributed by atoms with van der Waals surface area (Å²) in [6, 6.07) is 6.22. The zero-order valence-electron chi connectivity index (χ0n) is 9.30. The third-order valence-corrected chi connectivity index (χ3v) is 2.37. The molecule has 0 bridgehead atoms. The van der Waals surface area contributed by atoms with Gasteiger partial charge in [0.05, 0.1) is 0 Å². The minimum absolute atomic E-state index is 0.124. The van der Waals surface area contributed by atoms with Crippen LogP contribution in [0.1, 0.15) is 37.5 Å². The summed E-state index contributed by atoms with van der Waals surface area (Å²) >= 11 is 0. The Labute approximate surface area is 86.6 Å². The summed E-state index contributed by atoms with van der Waals surface area (Å²) in [5.41, 5.74) is 9.59. The van der Waals surface area contributed by atoms with E-state index in [-0.39, 0.29) is 5.41 Å². The van der Waals surface area contributed by atoms with Gasteiger partial charge in [-0.1, -0.05) is 51.6 Å². The van der Waals surface area contributed by atoms with Crippen LogP contribution in [0.3, 0.4) is 0 Å². The van der Waals surface area contributed by atoms with E-state index in [9.17, 15) is 0 Å². The molecular formula is C13H19N. The second kappa shape index (κ2) is 3.97. The highest BCUT2D eigenvalue weighted by atomic mass is 14.5. The number of nitrogens with two attached hydrogens (primary N) is 1. The van der Waals surface area contributed by atoms with E-state index in [0.717, 1.165) is 0 Å². The van der Waals surface area contributed by atoms with Gasteiger partial charge in [0, 0.05) is 6.54 Å². The number of rotatable bonds is 2. The Morgan fingerprint density at radius 1 is 1.36 bits per heavy atom. The van der Waals surface area contributed by atoms with Gasteiger partial charge in [0.15, 0.2) is 0 Å². The van der Waals surface area contributed by atoms with Gasteiger partial charge in [0.25, 0.3) is 0 Å². The van der Waals surface area contributed by atoms with Crippen LogP contribution in [0.15, 0.2) is 24.8 Å². The Kier molecular flexibility index (Phi) is 3.12. The van der Waals surface area contributed by atoms with Crippen LogP contribution in [0.25, 0.3) is 6.08 Å². The average Bonchev–Trinajstić information content (AvgIpc) is 2.15. The molecule has 0 spiro atoms. The molecule has 0 radical (unpaired) electrons.